The van der Waals surface area contributed by atoms with Crippen molar-refractivity contribution in [3.05, 3.63) is 64.4 Å². The highest BCUT2D eigenvalue weighted by atomic mass is 79.9. The van der Waals surface area contributed by atoms with Crippen LogP contribution in [0.25, 0.3) is 0 Å². The summed E-state index contributed by atoms with van der Waals surface area (Å²) in [6, 6.07) is 4.60. The van der Waals surface area contributed by atoms with E-state index in [4.69, 9.17) is 9.84 Å². The summed E-state index contributed by atoms with van der Waals surface area (Å²) in [6.45, 7) is 1.86. The topological polar surface area (TPSA) is 75.6 Å². The van der Waals surface area contributed by atoms with Gasteiger partial charge in [-0.25, -0.2) is 4.79 Å². The molecule has 5 nitrogen and oxygen atoms in total. The van der Waals surface area contributed by atoms with Crippen LogP contribution in [0.2, 0.25) is 0 Å². The second kappa shape index (κ2) is 8.84. The second-order valence-electron chi connectivity index (χ2n) is 4.12. The molecule has 1 aromatic rings. The SMILES string of the molecule is C\C=C/C=C(\C=C\C(=O)Nc1ccc(Br)cc1C(=O)O)OC. The third-order valence-electron chi connectivity index (χ3n) is 2.56. The van der Waals surface area contributed by atoms with Gasteiger partial charge in [-0.05, 0) is 37.3 Å². The summed E-state index contributed by atoms with van der Waals surface area (Å²) in [5.74, 6) is -1.07. The number of hydrogen-bond donors (Lipinski definition) is 2. The van der Waals surface area contributed by atoms with E-state index in [1.165, 1.54) is 31.4 Å². The van der Waals surface area contributed by atoms with Gasteiger partial charge in [0.1, 0.15) is 5.76 Å². The standard InChI is InChI=1S/C16H16BrNO4/c1-3-4-5-12(22-2)7-9-15(19)18-14-8-6-11(17)10-13(14)16(20)21/h3-10H,1-2H3,(H,18,19)(H,20,21)/b4-3-,9-7+,12-5+. The van der Waals surface area contributed by atoms with Gasteiger partial charge in [0.05, 0.1) is 18.4 Å². The number of ether oxygens (including phenoxy) is 1. The fourth-order valence-electron chi connectivity index (χ4n) is 1.52. The van der Waals surface area contributed by atoms with Gasteiger partial charge in [0.25, 0.3) is 0 Å². The molecular weight excluding hydrogens is 350 g/mol. The third kappa shape index (κ3) is 5.57. The number of benzene rings is 1. The van der Waals surface area contributed by atoms with E-state index in [9.17, 15) is 9.59 Å². The largest absolute Gasteiger partial charge is 0.497 e. The first-order valence-electron chi connectivity index (χ1n) is 6.36. The van der Waals surface area contributed by atoms with E-state index < -0.39 is 11.9 Å². The number of hydrogen-bond acceptors (Lipinski definition) is 3. The highest BCUT2D eigenvalue weighted by molar-refractivity contribution is 9.10. The Kier molecular flexibility index (Phi) is 7.12. The zero-order valence-electron chi connectivity index (χ0n) is 12.2. The van der Waals surface area contributed by atoms with Gasteiger partial charge < -0.3 is 15.2 Å². The Morgan fingerprint density at radius 3 is 2.64 bits per heavy atom. The number of methoxy groups -OCH3 is 1. The van der Waals surface area contributed by atoms with E-state index in [1.54, 1.807) is 18.2 Å². The molecular formula is C16H16BrNO4. The molecule has 0 aromatic heterocycles. The fraction of sp³-hybridized carbons (Fsp3) is 0.125. The van der Waals surface area contributed by atoms with Crippen LogP contribution in [0.4, 0.5) is 5.69 Å². The molecule has 0 aliphatic rings. The van der Waals surface area contributed by atoms with Crippen LogP contribution in [-0.2, 0) is 9.53 Å². The Bertz CT molecular complexity index is 648. The lowest BCUT2D eigenvalue weighted by molar-refractivity contribution is -0.111. The van der Waals surface area contributed by atoms with E-state index in [-0.39, 0.29) is 11.3 Å². The molecule has 1 amide bonds. The Balaban J connectivity index is 2.87. The minimum atomic E-state index is -1.12. The Hall–Kier alpha value is -2.34. The van der Waals surface area contributed by atoms with Crippen molar-refractivity contribution in [1.29, 1.82) is 0 Å². The summed E-state index contributed by atoms with van der Waals surface area (Å²) >= 11 is 3.19. The van der Waals surface area contributed by atoms with Gasteiger partial charge in [-0.3, -0.25) is 4.79 Å². The lowest BCUT2D eigenvalue weighted by atomic mass is 10.2. The maximum atomic E-state index is 11.9. The average molecular weight is 366 g/mol. The maximum absolute atomic E-state index is 11.9. The normalized spacial score (nSPS) is 11.9. The fourth-order valence-corrected chi connectivity index (χ4v) is 1.88. The molecule has 0 aliphatic carbocycles. The van der Waals surface area contributed by atoms with Crippen LogP contribution in [0.3, 0.4) is 0 Å². The molecule has 0 unspecified atom stereocenters. The smallest absolute Gasteiger partial charge is 0.337 e. The number of nitrogens with one attached hydrogen (secondary N) is 1. The number of amides is 1. The van der Waals surface area contributed by atoms with E-state index >= 15 is 0 Å². The number of rotatable bonds is 6. The summed E-state index contributed by atoms with van der Waals surface area (Å²) in [5.41, 5.74) is 0.231. The van der Waals surface area contributed by atoms with E-state index in [1.807, 2.05) is 13.0 Å². The van der Waals surface area contributed by atoms with Crippen molar-refractivity contribution in [3.63, 3.8) is 0 Å². The Morgan fingerprint density at radius 1 is 1.32 bits per heavy atom. The van der Waals surface area contributed by atoms with E-state index in [0.717, 1.165) is 0 Å². The van der Waals surface area contributed by atoms with Crippen molar-refractivity contribution in [2.24, 2.45) is 0 Å². The zero-order valence-corrected chi connectivity index (χ0v) is 13.8. The van der Waals surface area contributed by atoms with Crippen LogP contribution in [0.5, 0.6) is 0 Å². The highest BCUT2D eigenvalue weighted by Gasteiger charge is 2.11. The molecule has 0 aliphatic heterocycles. The quantitative estimate of drug-likeness (QED) is 0.457. The number of allylic oxidation sites excluding steroid dienone is 4. The van der Waals surface area contributed by atoms with Crippen LogP contribution < -0.4 is 5.32 Å². The Morgan fingerprint density at radius 2 is 2.05 bits per heavy atom. The van der Waals surface area contributed by atoms with Crippen molar-refractivity contribution in [1.82, 2.24) is 0 Å². The molecule has 22 heavy (non-hydrogen) atoms. The number of carboxylic acid groups (broad SMARTS) is 1. The summed E-state index contributed by atoms with van der Waals surface area (Å²) in [6.07, 6.45) is 8.07. The van der Waals surface area contributed by atoms with Gasteiger partial charge in [0.2, 0.25) is 5.91 Å². The minimum Gasteiger partial charge on any atom is -0.497 e. The molecule has 0 bridgehead atoms. The van der Waals surface area contributed by atoms with E-state index in [2.05, 4.69) is 21.2 Å². The molecule has 0 radical (unpaired) electrons. The van der Waals surface area contributed by atoms with Crippen molar-refractivity contribution in [2.45, 2.75) is 6.92 Å². The van der Waals surface area contributed by atoms with Crippen molar-refractivity contribution < 1.29 is 19.4 Å². The van der Waals surface area contributed by atoms with Crippen LogP contribution in [0, 0.1) is 0 Å². The number of carboxylic acids is 1. The molecule has 0 atom stereocenters. The molecule has 0 saturated carbocycles. The number of carbonyl (C=O) groups excluding carboxylic acids is 1. The van der Waals surface area contributed by atoms with Gasteiger partial charge in [0.15, 0.2) is 0 Å². The molecule has 116 valence electrons. The number of anilines is 1. The molecule has 0 heterocycles. The van der Waals surface area contributed by atoms with Crippen LogP contribution in [-0.4, -0.2) is 24.1 Å². The first-order valence-corrected chi connectivity index (χ1v) is 7.16. The van der Waals surface area contributed by atoms with E-state index in [0.29, 0.717) is 10.2 Å². The number of halogens is 1. The van der Waals surface area contributed by atoms with Crippen molar-refractivity contribution >= 4 is 33.5 Å². The summed E-state index contributed by atoms with van der Waals surface area (Å²) in [4.78, 5) is 23.0. The van der Waals surface area contributed by atoms with Crippen molar-refractivity contribution in [3.8, 4) is 0 Å². The molecule has 0 fully saturated rings. The molecule has 0 spiro atoms. The monoisotopic (exact) mass is 365 g/mol. The molecule has 0 saturated heterocycles. The van der Waals surface area contributed by atoms with Gasteiger partial charge in [-0.15, -0.1) is 0 Å². The lowest BCUT2D eigenvalue weighted by Crippen LogP contribution is -2.12. The highest BCUT2D eigenvalue weighted by Crippen LogP contribution is 2.21. The van der Waals surface area contributed by atoms with Gasteiger partial charge in [-0.2, -0.15) is 0 Å². The van der Waals surface area contributed by atoms with Crippen LogP contribution in [0.1, 0.15) is 17.3 Å². The van der Waals surface area contributed by atoms with Crippen molar-refractivity contribution in [2.75, 3.05) is 12.4 Å². The number of aromatic carboxylic acids is 1. The molecule has 2 N–H and O–H groups in total. The maximum Gasteiger partial charge on any atom is 0.337 e. The molecule has 1 aromatic carbocycles. The summed E-state index contributed by atoms with van der Waals surface area (Å²) in [5, 5.41) is 11.7. The number of carbonyl (C=O) groups is 2. The van der Waals surface area contributed by atoms with Gasteiger partial charge >= 0.3 is 5.97 Å². The van der Waals surface area contributed by atoms with Gasteiger partial charge in [-0.1, -0.05) is 28.1 Å². The van der Waals surface area contributed by atoms with Crippen LogP contribution >= 0.6 is 15.9 Å². The summed E-state index contributed by atoms with van der Waals surface area (Å²) < 4.78 is 5.69. The second-order valence-corrected chi connectivity index (χ2v) is 5.03. The summed E-state index contributed by atoms with van der Waals surface area (Å²) in [7, 11) is 1.49. The Labute approximate surface area is 137 Å². The zero-order chi connectivity index (χ0) is 16.5. The third-order valence-corrected chi connectivity index (χ3v) is 3.05. The van der Waals surface area contributed by atoms with Gasteiger partial charge in [0, 0.05) is 10.5 Å². The molecule has 6 heteroatoms. The van der Waals surface area contributed by atoms with Crippen LogP contribution in [0.15, 0.2) is 58.8 Å². The molecule has 1 rings (SSSR count). The first kappa shape index (κ1) is 17.7. The first-order chi connectivity index (χ1) is 10.5. The lowest BCUT2D eigenvalue weighted by Gasteiger charge is -2.07. The minimum absolute atomic E-state index is 0.00699. The predicted octanol–water partition coefficient (Wildman–Crippen LogP) is 3.75. The predicted molar refractivity (Wildman–Crippen MR) is 88.8 cm³/mol. The average Bonchev–Trinajstić information content (AvgIpc) is 2.49.